The molecule has 4 nitrogen and oxygen atoms in total. The molecule has 0 aliphatic carbocycles. The third kappa shape index (κ3) is 3.49. The molecule has 0 spiro atoms. The van der Waals surface area contributed by atoms with Gasteiger partial charge in [-0.15, -0.1) is 0 Å². The molecule has 0 aromatic heterocycles. The smallest absolute Gasteiger partial charge is 0.241 e. The Morgan fingerprint density at radius 1 is 1.32 bits per heavy atom. The van der Waals surface area contributed by atoms with Crippen LogP contribution in [0.2, 0.25) is 0 Å². The fraction of sp³-hybridized carbons (Fsp3) is 0.500. The van der Waals surface area contributed by atoms with E-state index in [1.807, 2.05) is 0 Å². The van der Waals surface area contributed by atoms with E-state index in [2.05, 4.69) is 4.72 Å². The molecule has 7 heteroatoms. The monoisotopic (exact) mass is 291 g/mol. The lowest BCUT2D eigenvalue weighted by Gasteiger charge is -2.19. The van der Waals surface area contributed by atoms with Crippen LogP contribution >= 0.6 is 0 Å². The van der Waals surface area contributed by atoms with Crippen LogP contribution in [0.3, 0.4) is 0 Å². The zero-order chi connectivity index (χ0) is 14.0. The normalized spacial score (nSPS) is 21.5. The molecule has 0 radical (unpaired) electrons. The van der Waals surface area contributed by atoms with Crippen molar-refractivity contribution in [3.63, 3.8) is 0 Å². The number of benzene rings is 1. The lowest BCUT2D eigenvalue weighted by atomic mass is 10.1. The van der Waals surface area contributed by atoms with E-state index in [-0.39, 0.29) is 6.10 Å². The van der Waals surface area contributed by atoms with Gasteiger partial charge in [0.1, 0.15) is 11.6 Å². The second-order valence-corrected chi connectivity index (χ2v) is 6.28. The SMILES string of the molecule is C[C@@H](NS(=O)(=O)c1cc(F)cc(F)c1)[C@H]1CCCO1. The highest BCUT2D eigenvalue weighted by atomic mass is 32.2. The van der Waals surface area contributed by atoms with Crippen molar-refractivity contribution in [2.45, 2.75) is 36.8 Å². The standard InChI is InChI=1S/C12H15F2NO3S/c1-8(12-3-2-4-18-12)15-19(16,17)11-6-9(13)5-10(14)7-11/h5-8,12,15H,2-4H2,1H3/t8-,12-/m1/s1. The summed E-state index contributed by atoms with van der Waals surface area (Å²) in [6.07, 6.45) is 1.44. The van der Waals surface area contributed by atoms with Crippen molar-refractivity contribution in [2.75, 3.05) is 6.61 Å². The third-order valence-corrected chi connectivity index (χ3v) is 4.55. The molecule has 1 saturated heterocycles. The quantitative estimate of drug-likeness (QED) is 0.920. The molecule has 106 valence electrons. The van der Waals surface area contributed by atoms with E-state index >= 15 is 0 Å². The molecule has 2 atom stereocenters. The largest absolute Gasteiger partial charge is 0.377 e. The van der Waals surface area contributed by atoms with Gasteiger partial charge in [-0.2, -0.15) is 0 Å². The molecule has 1 aliphatic rings. The van der Waals surface area contributed by atoms with Gasteiger partial charge in [0.15, 0.2) is 0 Å². The van der Waals surface area contributed by atoms with Gasteiger partial charge in [0.25, 0.3) is 0 Å². The molecule has 0 unspecified atom stereocenters. The second-order valence-electron chi connectivity index (χ2n) is 4.57. The highest BCUT2D eigenvalue weighted by Gasteiger charge is 2.27. The van der Waals surface area contributed by atoms with E-state index in [0.29, 0.717) is 12.7 Å². The molecule has 1 heterocycles. The maximum absolute atomic E-state index is 13.0. The first kappa shape index (κ1) is 14.4. The summed E-state index contributed by atoms with van der Waals surface area (Å²) < 4.78 is 57.8. The molecule has 1 aromatic carbocycles. The number of sulfonamides is 1. The van der Waals surface area contributed by atoms with Crippen LogP contribution in [-0.2, 0) is 14.8 Å². The van der Waals surface area contributed by atoms with Crippen molar-refractivity contribution >= 4 is 10.0 Å². The molecule has 1 N–H and O–H groups in total. The van der Waals surface area contributed by atoms with Gasteiger partial charge in [-0.25, -0.2) is 21.9 Å². The average Bonchev–Trinajstić information content (AvgIpc) is 2.80. The molecule has 1 aromatic rings. The van der Waals surface area contributed by atoms with E-state index in [0.717, 1.165) is 25.0 Å². The first-order chi connectivity index (χ1) is 8.88. The molecule has 0 saturated carbocycles. The van der Waals surface area contributed by atoms with Gasteiger partial charge in [-0.1, -0.05) is 0 Å². The van der Waals surface area contributed by atoms with Crippen LogP contribution in [0.25, 0.3) is 0 Å². The number of halogens is 2. The Balaban J connectivity index is 2.17. The van der Waals surface area contributed by atoms with Gasteiger partial charge in [-0.05, 0) is 31.9 Å². The Morgan fingerprint density at radius 2 is 1.95 bits per heavy atom. The number of ether oxygens (including phenoxy) is 1. The fourth-order valence-electron chi connectivity index (χ4n) is 2.07. The van der Waals surface area contributed by atoms with Crippen molar-refractivity contribution in [1.82, 2.24) is 4.72 Å². The predicted octanol–water partition coefficient (Wildman–Crippen LogP) is 1.81. The van der Waals surface area contributed by atoms with Crippen LogP contribution in [0.1, 0.15) is 19.8 Å². The Morgan fingerprint density at radius 3 is 2.47 bits per heavy atom. The molecule has 0 amide bonds. The van der Waals surface area contributed by atoms with Crippen LogP contribution < -0.4 is 4.72 Å². The molecule has 1 fully saturated rings. The summed E-state index contributed by atoms with van der Waals surface area (Å²) in [5, 5.41) is 0. The van der Waals surface area contributed by atoms with E-state index < -0.39 is 32.6 Å². The second kappa shape index (κ2) is 5.52. The van der Waals surface area contributed by atoms with Crippen LogP contribution in [0, 0.1) is 11.6 Å². The van der Waals surface area contributed by atoms with Crippen molar-refractivity contribution < 1.29 is 21.9 Å². The Kier molecular flexibility index (Phi) is 4.17. The summed E-state index contributed by atoms with van der Waals surface area (Å²) in [7, 11) is -3.95. The fourth-order valence-corrected chi connectivity index (χ4v) is 3.38. The zero-order valence-electron chi connectivity index (χ0n) is 10.4. The van der Waals surface area contributed by atoms with E-state index in [9.17, 15) is 17.2 Å². The zero-order valence-corrected chi connectivity index (χ0v) is 11.2. The van der Waals surface area contributed by atoms with Crippen LogP contribution in [0.4, 0.5) is 8.78 Å². The van der Waals surface area contributed by atoms with Crippen molar-refractivity contribution in [2.24, 2.45) is 0 Å². The van der Waals surface area contributed by atoms with E-state index in [1.165, 1.54) is 0 Å². The first-order valence-electron chi connectivity index (χ1n) is 5.98. The molecule has 19 heavy (non-hydrogen) atoms. The van der Waals surface area contributed by atoms with Gasteiger partial charge in [0.2, 0.25) is 10.0 Å². The summed E-state index contributed by atoms with van der Waals surface area (Å²) in [5.74, 6) is -1.85. The maximum atomic E-state index is 13.0. The van der Waals surface area contributed by atoms with Gasteiger partial charge < -0.3 is 4.74 Å². The predicted molar refractivity (Wildman–Crippen MR) is 65.1 cm³/mol. The van der Waals surface area contributed by atoms with Crippen LogP contribution in [0.5, 0.6) is 0 Å². The summed E-state index contributed by atoms with van der Waals surface area (Å²) in [6.45, 7) is 2.27. The number of rotatable bonds is 4. The first-order valence-corrected chi connectivity index (χ1v) is 7.47. The number of hydrogen-bond acceptors (Lipinski definition) is 3. The molecule has 2 rings (SSSR count). The summed E-state index contributed by atoms with van der Waals surface area (Å²) in [6, 6.07) is 1.75. The van der Waals surface area contributed by atoms with Gasteiger partial charge in [-0.3, -0.25) is 0 Å². The topological polar surface area (TPSA) is 55.4 Å². The van der Waals surface area contributed by atoms with Crippen LogP contribution in [0.15, 0.2) is 23.1 Å². The Hall–Kier alpha value is -1.05. The minimum atomic E-state index is -3.95. The lowest BCUT2D eigenvalue weighted by Crippen LogP contribution is -2.40. The summed E-state index contributed by atoms with van der Waals surface area (Å²) >= 11 is 0. The van der Waals surface area contributed by atoms with Crippen molar-refractivity contribution in [3.05, 3.63) is 29.8 Å². The minimum absolute atomic E-state index is 0.201. The highest BCUT2D eigenvalue weighted by Crippen LogP contribution is 2.18. The van der Waals surface area contributed by atoms with E-state index in [4.69, 9.17) is 4.74 Å². The molecular weight excluding hydrogens is 276 g/mol. The van der Waals surface area contributed by atoms with E-state index in [1.54, 1.807) is 6.92 Å². The van der Waals surface area contributed by atoms with Gasteiger partial charge >= 0.3 is 0 Å². The summed E-state index contributed by atoms with van der Waals surface area (Å²) in [4.78, 5) is -0.421. The highest BCUT2D eigenvalue weighted by molar-refractivity contribution is 7.89. The third-order valence-electron chi connectivity index (χ3n) is 3.01. The van der Waals surface area contributed by atoms with Crippen molar-refractivity contribution in [1.29, 1.82) is 0 Å². The molecule has 0 bridgehead atoms. The summed E-state index contributed by atoms with van der Waals surface area (Å²) in [5.41, 5.74) is 0. The van der Waals surface area contributed by atoms with Gasteiger partial charge in [0.05, 0.1) is 11.0 Å². The Labute approximate surface area is 110 Å². The minimum Gasteiger partial charge on any atom is -0.377 e. The number of nitrogens with one attached hydrogen (secondary N) is 1. The van der Waals surface area contributed by atoms with Crippen LogP contribution in [-0.4, -0.2) is 27.2 Å². The van der Waals surface area contributed by atoms with Gasteiger partial charge in [0, 0.05) is 18.7 Å². The van der Waals surface area contributed by atoms with Crippen molar-refractivity contribution in [3.8, 4) is 0 Å². The average molecular weight is 291 g/mol. The lowest BCUT2D eigenvalue weighted by molar-refractivity contribution is 0.0902. The number of hydrogen-bond donors (Lipinski definition) is 1. The Bertz CT molecular complexity index is 536. The molecular formula is C12H15F2NO3S. The molecule has 1 aliphatic heterocycles. The maximum Gasteiger partial charge on any atom is 0.241 e.